The van der Waals surface area contributed by atoms with Gasteiger partial charge in [0.2, 0.25) is 0 Å². The lowest BCUT2D eigenvalue weighted by Gasteiger charge is -2.09. The number of carbonyl (C=O) groups is 1. The van der Waals surface area contributed by atoms with Gasteiger partial charge in [0.05, 0.1) is 0 Å². The van der Waals surface area contributed by atoms with E-state index in [0.29, 0.717) is 5.56 Å². The van der Waals surface area contributed by atoms with Gasteiger partial charge in [-0.05, 0) is 24.1 Å². The zero-order valence-corrected chi connectivity index (χ0v) is 8.71. The van der Waals surface area contributed by atoms with Crippen LogP contribution in [-0.2, 0) is 4.79 Å². The van der Waals surface area contributed by atoms with E-state index in [-0.39, 0.29) is 0 Å². The molecule has 0 bridgehead atoms. The number of benzene rings is 1. The van der Waals surface area contributed by atoms with Crippen molar-refractivity contribution in [1.29, 1.82) is 0 Å². The summed E-state index contributed by atoms with van der Waals surface area (Å²) in [5.74, 6) is -1.02. The average molecular weight is 244 g/mol. The van der Waals surface area contributed by atoms with Crippen LogP contribution in [-0.4, -0.2) is 11.1 Å². The molecule has 3 N–H and O–H groups in total. The van der Waals surface area contributed by atoms with Gasteiger partial charge in [-0.1, -0.05) is 28.1 Å². The van der Waals surface area contributed by atoms with E-state index >= 15 is 0 Å². The van der Waals surface area contributed by atoms with Crippen molar-refractivity contribution in [3.8, 4) is 0 Å². The molecular weight excluding hydrogens is 234 g/mol. The average Bonchev–Trinajstić information content (AvgIpc) is 2.03. The molecule has 0 unspecified atom stereocenters. The maximum atomic E-state index is 10.6. The third-order valence-electron chi connectivity index (χ3n) is 1.76. The Kier molecular flexibility index (Phi) is 3.06. The summed E-state index contributed by atoms with van der Waals surface area (Å²) in [4.78, 5) is 10.6. The van der Waals surface area contributed by atoms with Crippen molar-refractivity contribution in [1.82, 2.24) is 0 Å². The predicted molar refractivity (Wildman–Crippen MR) is 53.4 cm³/mol. The molecule has 0 radical (unpaired) electrons. The summed E-state index contributed by atoms with van der Waals surface area (Å²) in [6.07, 6.45) is 0. The molecule has 3 nitrogen and oxygen atoms in total. The number of aliphatic carboxylic acids is 1. The number of aryl methyl sites for hydroxylation is 1. The van der Waals surface area contributed by atoms with Crippen LogP contribution in [0.2, 0.25) is 0 Å². The molecule has 0 aliphatic heterocycles. The van der Waals surface area contributed by atoms with Crippen LogP contribution in [0.15, 0.2) is 22.7 Å². The lowest BCUT2D eigenvalue weighted by Crippen LogP contribution is -2.21. The highest BCUT2D eigenvalue weighted by Crippen LogP contribution is 2.23. The van der Waals surface area contributed by atoms with E-state index in [0.717, 1.165) is 10.0 Å². The van der Waals surface area contributed by atoms with Crippen LogP contribution in [0.25, 0.3) is 0 Å². The lowest BCUT2D eigenvalue weighted by atomic mass is 10.1. The maximum absolute atomic E-state index is 10.6. The monoisotopic (exact) mass is 243 g/mol. The summed E-state index contributed by atoms with van der Waals surface area (Å²) in [5.41, 5.74) is 7.12. The second-order valence-corrected chi connectivity index (χ2v) is 3.70. The number of hydrogen-bond acceptors (Lipinski definition) is 2. The second-order valence-electron chi connectivity index (χ2n) is 2.84. The van der Waals surface area contributed by atoms with Crippen molar-refractivity contribution < 1.29 is 9.90 Å². The first kappa shape index (κ1) is 10.2. The highest BCUT2D eigenvalue weighted by Gasteiger charge is 2.16. The fourth-order valence-corrected chi connectivity index (χ4v) is 1.76. The summed E-state index contributed by atoms with van der Waals surface area (Å²) in [6, 6.07) is 4.44. The quantitative estimate of drug-likeness (QED) is 0.834. The molecule has 1 aromatic rings. The molecule has 70 valence electrons. The summed E-state index contributed by atoms with van der Waals surface area (Å²) in [6.45, 7) is 1.93. The molecule has 1 aromatic carbocycles. The highest BCUT2D eigenvalue weighted by atomic mass is 79.9. The zero-order chi connectivity index (χ0) is 10.0. The Labute approximate surface area is 84.7 Å². The smallest absolute Gasteiger partial charge is 0.325 e. The van der Waals surface area contributed by atoms with Crippen LogP contribution >= 0.6 is 15.9 Å². The van der Waals surface area contributed by atoms with E-state index in [1.54, 1.807) is 6.07 Å². The van der Waals surface area contributed by atoms with Crippen LogP contribution in [0.5, 0.6) is 0 Å². The van der Waals surface area contributed by atoms with Crippen molar-refractivity contribution in [3.63, 3.8) is 0 Å². The first-order valence-corrected chi connectivity index (χ1v) is 4.56. The van der Waals surface area contributed by atoms with E-state index in [4.69, 9.17) is 10.8 Å². The van der Waals surface area contributed by atoms with Crippen molar-refractivity contribution >= 4 is 21.9 Å². The zero-order valence-electron chi connectivity index (χ0n) is 7.12. The molecule has 0 saturated carbocycles. The van der Waals surface area contributed by atoms with E-state index in [9.17, 15) is 4.79 Å². The van der Waals surface area contributed by atoms with Crippen LogP contribution in [0.3, 0.4) is 0 Å². The Morgan fingerprint density at radius 1 is 1.62 bits per heavy atom. The Morgan fingerprint density at radius 2 is 2.23 bits per heavy atom. The minimum atomic E-state index is -1.02. The molecule has 0 fully saturated rings. The van der Waals surface area contributed by atoms with Gasteiger partial charge in [0.1, 0.15) is 6.04 Å². The minimum absolute atomic E-state index is 0.595. The van der Waals surface area contributed by atoms with Gasteiger partial charge in [-0.25, -0.2) is 0 Å². The predicted octanol–water partition coefficient (Wildman–Crippen LogP) is 1.84. The molecule has 0 aliphatic rings. The molecule has 1 atom stereocenters. The molecule has 13 heavy (non-hydrogen) atoms. The van der Waals surface area contributed by atoms with Crippen LogP contribution in [0.4, 0.5) is 0 Å². The standard InChI is InChI=1S/C9H10BrNO2/c1-5-2-3-6(7(10)4-5)8(11)9(12)13/h2-4,8H,11H2,1H3,(H,12,13)/t8-/m0/s1. The first-order valence-electron chi connectivity index (χ1n) is 3.77. The Morgan fingerprint density at radius 3 is 2.69 bits per heavy atom. The molecule has 0 aromatic heterocycles. The topological polar surface area (TPSA) is 63.3 Å². The van der Waals surface area contributed by atoms with E-state index in [2.05, 4.69) is 15.9 Å². The number of nitrogens with two attached hydrogens (primary N) is 1. The van der Waals surface area contributed by atoms with Gasteiger partial charge in [-0.15, -0.1) is 0 Å². The number of carboxylic acids is 1. The highest BCUT2D eigenvalue weighted by molar-refractivity contribution is 9.10. The molecule has 0 aliphatic carbocycles. The van der Waals surface area contributed by atoms with Gasteiger partial charge in [0.25, 0.3) is 0 Å². The van der Waals surface area contributed by atoms with Crippen molar-refractivity contribution in [2.45, 2.75) is 13.0 Å². The molecule has 0 saturated heterocycles. The van der Waals surface area contributed by atoms with Gasteiger partial charge in [0.15, 0.2) is 0 Å². The molecule has 1 rings (SSSR count). The van der Waals surface area contributed by atoms with E-state index < -0.39 is 12.0 Å². The van der Waals surface area contributed by atoms with Gasteiger partial charge in [0, 0.05) is 4.47 Å². The molecule has 0 amide bonds. The van der Waals surface area contributed by atoms with Crippen LogP contribution in [0.1, 0.15) is 17.2 Å². The Balaban J connectivity index is 3.08. The molecular formula is C9H10BrNO2. The summed E-state index contributed by atoms with van der Waals surface area (Å²) in [5, 5.41) is 8.68. The fourth-order valence-electron chi connectivity index (χ4n) is 1.02. The van der Waals surface area contributed by atoms with Gasteiger partial charge in [-0.3, -0.25) is 4.79 Å². The van der Waals surface area contributed by atoms with Gasteiger partial charge in [-0.2, -0.15) is 0 Å². The minimum Gasteiger partial charge on any atom is -0.480 e. The molecule has 0 spiro atoms. The normalized spacial score (nSPS) is 12.5. The third kappa shape index (κ3) is 2.29. The molecule has 4 heteroatoms. The van der Waals surface area contributed by atoms with Gasteiger partial charge < -0.3 is 10.8 Å². The Bertz CT molecular complexity index is 338. The lowest BCUT2D eigenvalue weighted by molar-refractivity contribution is -0.138. The van der Waals surface area contributed by atoms with Gasteiger partial charge >= 0.3 is 5.97 Å². The summed E-state index contributed by atoms with van der Waals surface area (Å²) < 4.78 is 0.738. The largest absolute Gasteiger partial charge is 0.480 e. The van der Waals surface area contributed by atoms with Crippen LogP contribution in [0, 0.1) is 6.92 Å². The third-order valence-corrected chi connectivity index (χ3v) is 2.44. The molecule has 0 heterocycles. The Hall–Kier alpha value is -0.870. The number of carboxylic acid groups (broad SMARTS) is 1. The van der Waals surface area contributed by atoms with Crippen LogP contribution < -0.4 is 5.73 Å². The number of hydrogen-bond donors (Lipinski definition) is 2. The number of halogens is 1. The maximum Gasteiger partial charge on any atom is 0.325 e. The SMILES string of the molecule is Cc1ccc([C@H](N)C(=O)O)c(Br)c1. The second kappa shape index (κ2) is 3.89. The van der Waals surface area contributed by atoms with Crippen molar-refractivity contribution in [2.75, 3.05) is 0 Å². The number of rotatable bonds is 2. The summed E-state index contributed by atoms with van der Waals surface area (Å²) >= 11 is 3.27. The van der Waals surface area contributed by atoms with Crippen molar-refractivity contribution in [3.05, 3.63) is 33.8 Å². The van der Waals surface area contributed by atoms with E-state index in [1.165, 1.54) is 0 Å². The fraction of sp³-hybridized carbons (Fsp3) is 0.222. The van der Waals surface area contributed by atoms with E-state index in [1.807, 2.05) is 19.1 Å². The summed E-state index contributed by atoms with van der Waals surface area (Å²) in [7, 11) is 0. The first-order chi connectivity index (χ1) is 6.02. The van der Waals surface area contributed by atoms with Crippen molar-refractivity contribution in [2.24, 2.45) is 5.73 Å².